The molecule has 3 rings (SSSR count). The lowest BCUT2D eigenvalue weighted by atomic mass is 9.98. The normalized spacial score (nSPS) is 12.0. The van der Waals surface area contributed by atoms with Crippen LogP contribution in [0.3, 0.4) is 0 Å². The maximum atomic E-state index is 13.2. The summed E-state index contributed by atoms with van der Waals surface area (Å²) in [5, 5.41) is 3.39. The fourth-order valence-corrected chi connectivity index (χ4v) is 4.11. The van der Waals surface area contributed by atoms with Gasteiger partial charge in [-0.05, 0) is 24.5 Å². The van der Waals surface area contributed by atoms with Crippen LogP contribution in [-0.4, -0.2) is 20.7 Å². The van der Waals surface area contributed by atoms with Crippen molar-refractivity contribution in [2.24, 2.45) is 7.05 Å². The number of hydrogen-bond acceptors (Lipinski definition) is 4. The molecule has 0 aliphatic rings. The number of thioether (sulfide) groups is 1. The summed E-state index contributed by atoms with van der Waals surface area (Å²) in [6, 6.07) is 21.1. The largest absolute Gasteiger partial charge is 0.344 e. The molecule has 1 N–H and O–H groups in total. The molecule has 29 heavy (non-hydrogen) atoms. The number of aromatic nitrogens is 2. The van der Waals surface area contributed by atoms with E-state index in [0.717, 1.165) is 11.1 Å². The van der Waals surface area contributed by atoms with Crippen molar-refractivity contribution < 1.29 is 4.79 Å². The molecule has 1 amide bonds. The third-order valence-corrected chi connectivity index (χ3v) is 6.09. The summed E-state index contributed by atoms with van der Waals surface area (Å²) in [4.78, 5) is 29.7. The van der Waals surface area contributed by atoms with E-state index >= 15 is 0 Å². The van der Waals surface area contributed by atoms with Gasteiger partial charge in [0.2, 0.25) is 5.91 Å². The van der Waals surface area contributed by atoms with Crippen molar-refractivity contribution in [2.45, 2.75) is 36.7 Å². The molecule has 1 atom stereocenters. The van der Waals surface area contributed by atoms with Crippen LogP contribution < -0.4 is 10.9 Å². The molecule has 3 aromatic rings. The summed E-state index contributed by atoms with van der Waals surface area (Å²) in [7, 11) is 1.68. The summed E-state index contributed by atoms with van der Waals surface area (Å²) in [5.41, 5.74) is 2.57. The first-order valence-corrected chi connectivity index (χ1v) is 10.5. The molecule has 0 saturated carbocycles. The van der Waals surface area contributed by atoms with Crippen LogP contribution in [0.2, 0.25) is 0 Å². The Bertz CT molecular complexity index is 980. The van der Waals surface area contributed by atoms with Gasteiger partial charge in [-0.15, -0.1) is 0 Å². The highest BCUT2D eigenvalue weighted by molar-refractivity contribution is 8.00. The number of nitrogens with one attached hydrogen (secondary N) is 1. The molecular formula is C23H25N3O2S. The van der Waals surface area contributed by atoms with Crippen molar-refractivity contribution in [1.82, 2.24) is 14.9 Å². The molecule has 0 bridgehead atoms. The van der Waals surface area contributed by atoms with E-state index < -0.39 is 0 Å². The van der Waals surface area contributed by atoms with Gasteiger partial charge in [0, 0.05) is 18.8 Å². The van der Waals surface area contributed by atoms with Gasteiger partial charge in [0.15, 0.2) is 5.16 Å². The number of rotatable bonds is 7. The average molecular weight is 408 g/mol. The second-order valence-electron chi connectivity index (χ2n) is 6.86. The Kier molecular flexibility index (Phi) is 6.88. The van der Waals surface area contributed by atoms with Crippen LogP contribution in [0.5, 0.6) is 0 Å². The van der Waals surface area contributed by atoms with Crippen LogP contribution in [0.15, 0.2) is 76.7 Å². The standard InChI is InChI=1S/C23H25N3O2S/c1-4-19(29-23-24-16(2)15-20(27)26(23)3)22(28)25-21(17-11-7-5-8-12-17)18-13-9-6-10-14-18/h5-15,19,21H,4H2,1-3H3,(H,25,28). The third kappa shape index (κ3) is 5.15. The summed E-state index contributed by atoms with van der Waals surface area (Å²) >= 11 is 1.32. The Morgan fingerprint density at radius 1 is 1.07 bits per heavy atom. The Balaban J connectivity index is 1.85. The molecule has 1 heterocycles. The van der Waals surface area contributed by atoms with E-state index in [-0.39, 0.29) is 22.8 Å². The van der Waals surface area contributed by atoms with Crippen LogP contribution in [0.25, 0.3) is 0 Å². The van der Waals surface area contributed by atoms with Gasteiger partial charge in [0.1, 0.15) is 0 Å². The zero-order chi connectivity index (χ0) is 20.8. The molecule has 0 aliphatic heterocycles. The highest BCUT2D eigenvalue weighted by Crippen LogP contribution is 2.26. The number of nitrogens with zero attached hydrogens (tertiary/aromatic N) is 2. The molecule has 0 aliphatic carbocycles. The van der Waals surface area contributed by atoms with Gasteiger partial charge in [0.05, 0.1) is 11.3 Å². The molecule has 0 radical (unpaired) electrons. The smallest absolute Gasteiger partial charge is 0.254 e. The fraction of sp³-hybridized carbons (Fsp3) is 0.261. The van der Waals surface area contributed by atoms with Crippen molar-refractivity contribution in [1.29, 1.82) is 0 Å². The minimum atomic E-state index is -0.357. The monoisotopic (exact) mass is 407 g/mol. The fourth-order valence-electron chi connectivity index (χ4n) is 3.07. The molecule has 0 fully saturated rings. The molecule has 1 unspecified atom stereocenters. The Morgan fingerprint density at radius 3 is 2.14 bits per heavy atom. The van der Waals surface area contributed by atoms with E-state index in [1.54, 1.807) is 14.0 Å². The van der Waals surface area contributed by atoms with Crippen molar-refractivity contribution in [2.75, 3.05) is 0 Å². The molecule has 0 spiro atoms. The Morgan fingerprint density at radius 2 is 1.62 bits per heavy atom. The molecule has 1 aromatic heterocycles. The van der Waals surface area contributed by atoms with Gasteiger partial charge in [-0.3, -0.25) is 14.2 Å². The minimum absolute atomic E-state index is 0.0778. The van der Waals surface area contributed by atoms with Gasteiger partial charge in [-0.2, -0.15) is 0 Å². The van der Waals surface area contributed by atoms with E-state index in [1.165, 1.54) is 22.4 Å². The first kappa shape index (κ1) is 20.9. The Labute approximate surface area is 175 Å². The van der Waals surface area contributed by atoms with Crippen molar-refractivity contribution >= 4 is 17.7 Å². The Hall–Kier alpha value is -2.86. The predicted octanol–water partition coefficient (Wildman–Crippen LogP) is 3.87. The number of amides is 1. The van der Waals surface area contributed by atoms with Crippen LogP contribution in [0, 0.1) is 6.92 Å². The topological polar surface area (TPSA) is 64.0 Å². The molecule has 150 valence electrons. The average Bonchev–Trinajstić information content (AvgIpc) is 2.74. The lowest BCUT2D eigenvalue weighted by Crippen LogP contribution is -2.36. The summed E-state index contributed by atoms with van der Waals surface area (Å²) in [6.45, 7) is 3.75. The number of carbonyl (C=O) groups is 1. The van der Waals surface area contributed by atoms with Crippen molar-refractivity contribution in [3.63, 3.8) is 0 Å². The lowest BCUT2D eigenvalue weighted by molar-refractivity contribution is -0.121. The number of benzene rings is 2. The first-order chi connectivity index (χ1) is 14.0. The van der Waals surface area contributed by atoms with Gasteiger partial charge in [0.25, 0.3) is 5.56 Å². The highest BCUT2D eigenvalue weighted by atomic mass is 32.2. The molecule has 5 nitrogen and oxygen atoms in total. The lowest BCUT2D eigenvalue weighted by Gasteiger charge is -2.23. The maximum absolute atomic E-state index is 13.2. The molecule has 0 saturated heterocycles. The zero-order valence-corrected chi connectivity index (χ0v) is 17.6. The van der Waals surface area contributed by atoms with E-state index in [0.29, 0.717) is 17.3 Å². The van der Waals surface area contributed by atoms with Crippen LogP contribution in [0.4, 0.5) is 0 Å². The number of hydrogen-bond donors (Lipinski definition) is 1. The van der Waals surface area contributed by atoms with E-state index in [9.17, 15) is 9.59 Å². The summed E-state index contributed by atoms with van der Waals surface area (Å²) < 4.78 is 1.49. The predicted molar refractivity (Wildman–Crippen MR) is 117 cm³/mol. The molecule has 2 aromatic carbocycles. The molecule has 6 heteroatoms. The molecular weight excluding hydrogens is 382 g/mol. The van der Waals surface area contributed by atoms with E-state index in [2.05, 4.69) is 10.3 Å². The quantitative estimate of drug-likeness (QED) is 0.477. The minimum Gasteiger partial charge on any atom is -0.344 e. The highest BCUT2D eigenvalue weighted by Gasteiger charge is 2.24. The van der Waals surface area contributed by atoms with E-state index in [1.807, 2.05) is 67.6 Å². The van der Waals surface area contributed by atoms with Gasteiger partial charge in [-0.25, -0.2) is 4.98 Å². The van der Waals surface area contributed by atoms with Gasteiger partial charge < -0.3 is 5.32 Å². The van der Waals surface area contributed by atoms with Crippen molar-refractivity contribution in [3.05, 3.63) is 93.9 Å². The van der Waals surface area contributed by atoms with E-state index in [4.69, 9.17) is 0 Å². The van der Waals surface area contributed by atoms with Gasteiger partial charge in [-0.1, -0.05) is 79.3 Å². The summed E-state index contributed by atoms with van der Waals surface area (Å²) in [5.74, 6) is -0.0778. The number of aryl methyl sites for hydroxylation is 1. The third-order valence-electron chi connectivity index (χ3n) is 4.69. The first-order valence-electron chi connectivity index (χ1n) is 9.61. The zero-order valence-electron chi connectivity index (χ0n) is 16.8. The van der Waals surface area contributed by atoms with Gasteiger partial charge >= 0.3 is 0 Å². The second kappa shape index (κ2) is 9.56. The van der Waals surface area contributed by atoms with Crippen LogP contribution in [0.1, 0.15) is 36.2 Å². The second-order valence-corrected chi connectivity index (χ2v) is 8.02. The summed E-state index contributed by atoms with van der Waals surface area (Å²) in [6.07, 6.45) is 0.622. The SMILES string of the molecule is CCC(Sc1nc(C)cc(=O)n1C)C(=O)NC(c1ccccc1)c1ccccc1. The maximum Gasteiger partial charge on any atom is 0.254 e. The number of carbonyl (C=O) groups excluding carboxylic acids is 1. The van der Waals surface area contributed by atoms with Crippen LogP contribution >= 0.6 is 11.8 Å². The van der Waals surface area contributed by atoms with Crippen LogP contribution in [-0.2, 0) is 11.8 Å². The van der Waals surface area contributed by atoms with Crippen molar-refractivity contribution in [3.8, 4) is 0 Å².